The number of benzene rings is 4. The average molecular weight is 718 g/mol. The number of aromatic nitrogens is 1. The first kappa shape index (κ1) is 31.6. The van der Waals surface area contributed by atoms with Crippen molar-refractivity contribution < 1.29 is 28.5 Å². The van der Waals surface area contributed by atoms with E-state index in [1.165, 1.54) is 6.21 Å². The summed E-state index contributed by atoms with van der Waals surface area (Å²) in [5, 5.41) is 5.15. The number of hydrogen-bond donors (Lipinski definition) is 2. The smallest absolute Gasteiger partial charge is 0.343 e. The van der Waals surface area contributed by atoms with Crippen LogP contribution in [0.15, 0.2) is 90.0 Å². The number of halogens is 1. The molecule has 0 atom stereocenters. The van der Waals surface area contributed by atoms with Crippen molar-refractivity contribution in [3.05, 3.63) is 105 Å². The lowest BCUT2D eigenvalue weighted by Crippen LogP contribution is -2.18. The summed E-state index contributed by atoms with van der Waals surface area (Å²) in [6.07, 6.45) is 1.50. The SMILES string of the molecule is CCOc1ccc(C(=O)Oc2ccc(C=NNC(=O)c3[nH]c4ccc(I)cc4c3-c3ccccc3)cc2OCC)cc1OCC. The van der Waals surface area contributed by atoms with Crippen molar-refractivity contribution in [1.82, 2.24) is 10.4 Å². The Kier molecular flexibility index (Phi) is 10.4. The third-order valence-electron chi connectivity index (χ3n) is 6.68. The van der Waals surface area contributed by atoms with E-state index in [4.69, 9.17) is 18.9 Å². The van der Waals surface area contributed by atoms with E-state index in [1.54, 1.807) is 36.4 Å². The highest BCUT2D eigenvalue weighted by Gasteiger charge is 2.20. The number of hydrazone groups is 1. The van der Waals surface area contributed by atoms with Gasteiger partial charge in [-0.25, -0.2) is 10.2 Å². The summed E-state index contributed by atoms with van der Waals surface area (Å²) in [5.41, 5.74) is 6.57. The molecule has 0 unspecified atom stereocenters. The van der Waals surface area contributed by atoms with Crippen LogP contribution in [0.3, 0.4) is 0 Å². The summed E-state index contributed by atoms with van der Waals surface area (Å²) in [7, 11) is 0. The summed E-state index contributed by atoms with van der Waals surface area (Å²) in [4.78, 5) is 29.6. The molecule has 230 valence electrons. The van der Waals surface area contributed by atoms with Gasteiger partial charge in [-0.15, -0.1) is 0 Å². The van der Waals surface area contributed by atoms with Crippen LogP contribution in [0.1, 0.15) is 47.2 Å². The maximum Gasteiger partial charge on any atom is 0.343 e. The molecule has 0 aliphatic carbocycles. The number of H-pyrrole nitrogens is 1. The minimum Gasteiger partial charge on any atom is -0.490 e. The van der Waals surface area contributed by atoms with Gasteiger partial charge in [0.05, 0.1) is 31.6 Å². The van der Waals surface area contributed by atoms with E-state index in [1.807, 2.05) is 69.3 Å². The maximum absolute atomic E-state index is 13.3. The molecule has 2 N–H and O–H groups in total. The highest BCUT2D eigenvalue weighted by atomic mass is 127. The van der Waals surface area contributed by atoms with E-state index in [0.29, 0.717) is 53.9 Å². The predicted molar refractivity (Wildman–Crippen MR) is 183 cm³/mol. The molecule has 0 aliphatic rings. The molecule has 0 aliphatic heterocycles. The zero-order valence-corrected chi connectivity index (χ0v) is 27.2. The lowest BCUT2D eigenvalue weighted by atomic mass is 10.0. The number of nitrogens with one attached hydrogen (secondary N) is 2. The number of esters is 1. The van der Waals surface area contributed by atoms with Gasteiger partial charge in [-0.3, -0.25) is 4.79 Å². The Balaban J connectivity index is 1.34. The Morgan fingerprint density at radius 3 is 2.22 bits per heavy atom. The summed E-state index contributed by atoms with van der Waals surface area (Å²) >= 11 is 2.26. The van der Waals surface area contributed by atoms with Gasteiger partial charge < -0.3 is 23.9 Å². The number of amides is 1. The second-order valence-electron chi connectivity index (χ2n) is 9.69. The van der Waals surface area contributed by atoms with Crippen molar-refractivity contribution in [3.63, 3.8) is 0 Å². The summed E-state index contributed by atoms with van der Waals surface area (Å²) in [6, 6.07) is 25.7. The first-order valence-electron chi connectivity index (χ1n) is 14.5. The van der Waals surface area contributed by atoms with Gasteiger partial charge in [0, 0.05) is 20.0 Å². The van der Waals surface area contributed by atoms with Crippen molar-refractivity contribution >= 4 is 51.6 Å². The summed E-state index contributed by atoms with van der Waals surface area (Å²) < 4.78 is 23.7. The molecule has 0 spiro atoms. The minimum absolute atomic E-state index is 0.245. The van der Waals surface area contributed by atoms with Crippen LogP contribution in [0, 0.1) is 3.57 Å². The normalized spacial score (nSPS) is 11.0. The van der Waals surface area contributed by atoms with Crippen LogP contribution in [0.5, 0.6) is 23.0 Å². The Morgan fingerprint density at radius 2 is 1.49 bits per heavy atom. The third-order valence-corrected chi connectivity index (χ3v) is 7.35. The maximum atomic E-state index is 13.3. The fourth-order valence-corrected chi connectivity index (χ4v) is 5.25. The molecule has 5 rings (SSSR count). The van der Waals surface area contributed by atoms with Crippen molar-refractivity contribution in [2.24, 2.45) is 5.10 Å². The van der Waals surface area contributed by atoms with Gasteiger partial charge in [0.25, 0.3) is 5.91 Å². The predicted octanol–water partition coefficient (Wildman–Crippen LogP) is 7.62. The minimum atomic E-state index is -0.573. The summed E-state index contributed by atoms with van der Waals surface area (Å²) in [5.74, 6) is 0.663. The van der Waals surface area contributed by atoms with Crippen LogP contribution >= 0.6 is 22.6 Å². The first-order chi connectivity index (χ1) is 21.9. The molecule has 0 radical (unpaired) electrons. The van der Waals surface area contributed by atoms with Gasteiger partial charge in [0.2, 0.25) is 0 Å². The molecule has 0 fully saturated rings. The Labute approximate surface area is 274 Å². The molecule has 1 aromatic heterocycles. The van der Waals surface area contributed by atoms with E-state index in [9.17, 15) is 9.59 Å². The molecule has 1 heterocycles. The third kappa shape index (κ3) is 7.46. The van der Waals surface area contributed by atoms with E-state index < -0.39 is 5.97 Å². The molecule has 0 bridgehead atoms. The van der Waals surface area contributed by atoms with Gasteiger partial charge in [-0.1, -0.05) is 30.3 Å². The van der Waals surface area contributed by atoms with Crippen LogP contribution in [-0.4, -0.2) is 42.9 Å². The van der Waals surface area contributed by atoms with Gasteiger partial charge in [-0.05, 0) is 109 Å². The van der Waals surface area contributed by atoms with Gasteiger partial charge in [-0.2, -0.15) is 5.10 Å². The van der Waals surface area contributed by atoms with Gasteiger partial charge >= 0.3 is 5.97 Å². The molecule has 9 nitrogen and oxygen atoms in total. The molecule has 4 aromatic carbocycles. The van der Waals surface area contributed by atoms with E-state index in [2.05, 4.69) is 38.1 Å². The van der Waals surface area contributed by atoms with Crippen LogP contribution in [0.2, 0.25) is 0 Å². The van der Waals surface area contributed by atoms with E-state index >= 15 is 0 Å². The van der Waals surface area contributed by atoms with Gasteiger partial charge in [0.15, 0.2) is 23.0 Å². The highest BCUT2D eigenvalue weighted by Crippen LogP contribution is 2.34. The number of carbonyl (C=O) groups is 2. The number of aromatic amines is 1. The Morgan fingerprint density at radius 1 is 0.800 bits per heavy atom. The monoisotopic (exact) mass is 717 g/mol. The lowest BCUT2D eigenvalue weighted by molar-refractivity contribution is 0.0727. The Hall–Kier alpha value is -4.84. The molecule has 10 heteroatoms. The molecule has 0 saturated carbocycles. The van der Waals surface area contributed by atoms with E-state index in [-0.39, 0.29) is 11.7 Å². The highest BCUT2D eigenvalue weighted by molar-refractivity contribution is 14.1. The fraction of sp³-hybridized carbons (Fsp3) is 0.171. The quantitative estimate of drug-likeness (QED) is 0.0452. The standard InChI is InChI=1S/C35H32IN3O6/c1-4-42-28-17-13-24(19-31(28)44-6-3)35(41)45-29-16-12-22(18-30(29)43-5-2)21-37-39-34(40)33-32(23-10-8-7-9-11-23)26-20-25(36)14-15-27(26)38-33/h7-21,38H,4-6H2,1-3H3,(H,39,40). The lowest BCUT2D eigenvalue weighted by Gasteiger charge is -2.13. The van der Waals surface area contributed by atoms with Crippen LogP contribution < -0.4 is 24.4 Å². The second kappa shape index (κ2) is 14.8. The topological polar surface area (TPSA) is 111 Å². The molecular formula is C35H32IN3O6. The zero-order valence-electron chi connectivity index (χ0n) is 25.1. The largest absolute Gasteiger partial charge is 0.490 e. The number of hydrogen-bond acceptors (Lipinski definition) is 7. The number of nitrogens with zero attached hydrogens (tertiary/aromatic N) is 1. The zero-order chi connectivity index (χ0) is 31.8. The molecule has 0 saturated heterocycles. The van der Waals surface area contributed by atoms with Gasteiger partial charge in [0.1, 0.15) is 5.69 Å². The Bertz CT molecular complexity index is 1850. The fourth-order valence-electron chi connectivity index (χ4n) is 4.75. The van der Waals surface area contributed by atoms with Crippen LogP contribution in [-0.2, 0) is 0 Å². The number of rotatable bonds is 12. The van der Waals surface area contributed by atoms with E-state index in [0.717, 1.165) is 25.6 Å². The summed E-state index contributed by atoms with van der Waals surface area (Å²) in [6.45, 7) is 6.81. The molecule has 1 amide bonds. The average Bonchev–Trinajstić information content (AvgIpc) is 3.42. The first-order valence-corrected chi connectivity index (χ1v) is 15.6. The van der Waals surface area contributed by atoms with Crippen molar-refractivity contribution in [2.75, 3.05) is 19.8 Å². The van der Waals surface area contributed by atoms with Crippen molar-refractivity contribution in [1.29, 1.82) is 0 Å². The molecule has 45 heavy (non-hydrogen) atoms. The van der Waals surface area contributed by atoms with Crippen LogP contribution in [0.4, 0.5) is 0 Å². The second-order valence-corrected chi connectivity index (χ2v) is 10.9. The van der Waals surface area contributed by atoms with Crippen molar-refractivity contribution in [3.8, 4) is 34.1 Å². The number of fused-ring (bicyclic) bond motifs is 1. The number of ether oxygens (including phenoxy) is 4. The molecule has 5 aromatic rings. The molecular weight excluding hydrogens is 685 g/mol. The van der Waals surface area contributed by atoms with Crippen LogP contribution in [0.25, 0.3) is 22.0 Å². The number of carbonyl (C=O) groups excluding carboxylic acids is 2. The van der Waals surface area contributed by atoms with Crippen molar-refractivity contribution in [2.45, 2.75) is 20.8 Å².